The van der Waals surface area contributed by atoms with Crippen LogP contribution in [0.25, 0.3) is 0 Å². The number of amides is 1. The molecule has 1 unspecified atom stereocenters. The number of carbonyl (C=O) groups is 1. The number of hydrogen-bond acceptors (Lipinski definition) is 7. The van der Waals surface area contributed by atoms with Crippen LogP contribution in [0.3, 0.4) is 0 Å². The molecule has 11 heteroatoms. The van der Waals surface area contributed by atoms with Crippen molar-refractivity contribution in [3.05, 3.63) is 63.4 Å². The first-order valence-electron chi connectivity index (χ1n) is 12.9. The molecular formula is C27H33ClFN7O2. The third kappa shape index (κ3) is 5.67. The zero-order valence-corrected chi connectivity index (χ0v) is 22.6. The van der Waals surface area contributed by atoms with E-state index in [9.17, 15) is 9.90 Å². The molecule has 0 bridgehead atoms. The van der Waals surface area contributed by atoms with Crippen LogP contribution in [0.4, 0.5) is 16.0 Å². The summed E-state index contributed by atoms with van der Waals surface area (Å²) in [5.41, 5.74) is 3.42. The number of aliphatic hydroxyl groups is 1. The van der Waals surface area contributed by atoms with Gasteiger partial charge in [0.15, 0.2) is 11.6 Å². The molecule has 1 amide bonds. The maximum absolute atomic E-state index is 15.3. The van der Waals surface area contributed by atoms with Crippen molar-refractivity contribution >= 4 is 29.1 Å². The highest BCUT2D eigenvalue weighted by atomic mass is 35.5. The molecule has 0 saturated carbocycles. The van der Waals surface area contributed by atoms with E-state index >= 15 is 4.39 Å². The summed E-state index contributed by atoms with van der Waals surface area (Å²) in [5, 5.41) is 20.3. The lowest BCUT2D eigenvalue weighted by molar-refractivity contribution is -0.136. The summed E-state index contributed by atoms with van der Waals surface area (Å²) >= 11 is 6.26. The maximum Gasteiger partial charge on any atom is 0.240 e. The summed E-state index contributed by atoms with van der Waals surface area (Å²) in [4.78, 5) is 25.6. The van der Waals surface area contributed by atoms with Crippen molar-refractivity contribution in [1.29, 1.82) is 0 Å². The van der Waals surface area contributed by atoms with E-state index in [1.807, 2.05) is 42.8 Å². The average molecular weight is 542 g/mol. The van der Waals surface area contributed by atoms with Crippen molar-refractivity contribution in [1.82, 2.24) is 30.0 Å². The summed E-state index contributed by atoms with van der Waals surface area (Å²) < 4.78 is 15.3. The molecule has 5 rings (SSSR count). The number of carbonyl (C=O) groups excluding carboxylic acids is 1. The first-order valence-corrected chi connectivity index (χ1v) is 13.3. The quantitative estimate of drug-likeness (QED) is 0.436. The molecule has 9 nitrogen and oxygen atoms in total. The molecule has 0 spiro atoms. The van der Waals surface area contributed by atoms with Crippen LogP contribution in [-0.4, -0.2) is 79.8 Å². The molecule has 0 radical (unpaired) electrons. The lowest BCUT2D eigenvalue weighted by atomic mass is 9.85. The van der Waals surface area contributed by atoms with Gasteiger partial charge in [0.1, 0.15) is 16.7 Å². The lowest BCUT2D eigenvalue weighted by Gasteiger charge is -2.35. The Bertz CT molecular complexity index is 1320. The molecule has 4 heterocycles. The largest absolute Gasteiger partial charge is 0.392 e. The Balaban J connectivity index is 1.25. The maximum atomic E-state index is 15.3. The van der Waals surface area contributed by atoms with Crippen LogP contribution in [-0.2, 0) is 11.2 Å². The van der Waals surface area contributed by atoms with Crippen LogP contribution < -0.4 is 5.32 Å². The Kier molecular flexibility index (Phi) is 7.65. The van der Waals surface area contributed by atoms with Crippen molar-refractivity contribution in [2.24, 2.45) is 0 Å². The highest BCUT2D eigenvalue weighted by Crippen LogP contribution is 2.33. The number of hydrogen-bond donors (Lipinski definition) is 3. The summed E-state index contributed by atoms with van der Waals surface area (Å²) in [7, 11) is 1.88. The van der Waals surface area contributed by atoms with Gasteiger partial charge in [0.05, 0.1) is 18.3 Å². The summed E-state index contributed by atoms with van der Waals surface area (Å²) in [5.74, 6) is 1.43. The van der Waals surface area contributed by atoms with E-state index in [1.54, 1.807) is 6.07 Å². The zero-order chi connectivity index (χ0) is 27.0. The predicted molar refractivity (Wildman–Crippen MR) is 143 cm³/mol. The van der Waals surface area contributed by atoms with Gasteiger partial charge in [0.2, 0.25) is 5.91 Å². The van der Waals surface area contributed by atoms with Crippen LogP contribution in [0, 0.1) is 19.7 Å². The molecule has 0 aliphatic carbocycles. The Morgan fingerprint density at radius 1 is 1.26 bits per heavy atom. The number of aromatic nitrogens is 4. The van der Waals surface area contributed by atoms with Gasteiger partial charge in [-0.3, -0.25) is 14.8 Å². The number of benzene rings is 1. The van der Waals surface area contributed by atoms with Gasteiger partial charge in [0.25, 0.3) is 0 Å². The van der Waals surface area contributed by atoms with Gasteiger partial charge < -0.3 is 15.3 Å². The van der Waals surface area contributed by atoms with E-state index in [0.29, 0.717) is 54.1 Å². The number of rotatable bonds is 6. The molecule has 202 valence electrons. The van der Waals surface area contributed by atoms with Gasteiger partial charge in [-0.05, 0) is 68.8 Å². The molecule has 38 heavy (non-hydrogen) atoms. The lowest BCUT2D eigenvalue weighted by Crippen LogP contribution is -2.47. The molecule has 2 aliphatic rings. The van der Waals surface area contributed by atoms with Crippen LogP contribution >= 0.6 is 11.6 Å². The van der Waals surface area contributed by atoms with Crippen LogP contribution in [0.2, 0.25) is 5.02 Å². The third-order valence-corrected chi connectivity index (χ3v) is 7.86. The van der Waals surface area contributed by atoms with Crippen molar-refractivity contribution in [3.63, 3.8) is 0 Å². The summed E-state index contributed by atoms with van der Waals surface area (Å²) in [6, 6.07) is 5.08. The molecule has 2 aliphatic heterocycles. The van der Waals surface area contributed by atoms with E-state index < -0.39 is 6.10 Å². The van der Waals surface area contributed by atoms with Crippen molar-refractivity contribution in [3.8, 4) is 0 Å². The SMILES string of the molecule is Cc1cc(Nc2nc(Cc3cc(C)c(C4CCN(C(=O)[C@@H]5CC(O)CN5C)CC4)cc3F)ncc2Cl)n[nH]1. The third-order valence-electron chi connectivity index (χ3n) is 7.59. The molecular weight excluding hydrogens is 509 g/mol. The van der Waals surface area contributed by atoms with Gasteiger partial charge in [-0.15, -0.1) is 0 Å². The Morgan fingerprint density at radius 3 is 2.68 bits per heavy atom. The molecule has 1 aromatic carbocycles. The fourth-order valence-corrected chi connectivity index (χ4v) is 5.70. The number of nitrogens with one attached hydrogen (secondary N) is 2. The minimum absolute atomic E-state index is 0.0833. The number of anilines is 2. The monoisotopic (exact) mass is 541 g/mol. The first kappa shape index (κ1) is 26.5. The minimum Gasteiger partial charge on any atom is -0.392 e. The molecule has 2 aromatic heterocycles. The highest BCUT2D eigenvalue weighted by Gasteiger charge is 2.37. The van der Waals surface area contributed by atoms with Crippen molar-refractivity contribution in [2.45, 2.75) is 57.6 Å². The normalized spacial score (nSPS) is 20.7. The van der Waals surface area contributed by atoms with Crippen LogP contribution in [0.5, 0.6) is 0 Å². The number of halogens is 2. The number of likely N-dealkylation sites (tertiary alicyclic amines) is 2. The number of piperidine rings is 1. The Labute approximate surface area is 226 Å². The molecule has 3 aromatic rings. The predicted octanol–water partition coefficient (Wildman–Crippen LogP) is 3.71. The van der Waals surface area contributed by atoms with E-state index in [-0.39, 0.29) is 30.1 Å². The second-order valence-electron chi connectivity index (χ2n) is 10.5. The minimum atomic E-state index is -0.447. The first-order chi connectivity index (χ1) is 18.2. The Hall–Kier alpha value is -3.08. The van der Waals surface area contributed by atoms with E-state index in [2.05, 4.69) is 25.5 Å². The van der Waals surface area contributed by atoms with Gasteiger partial charge in [-0.2, -0.15) is 5.10 Å². The fourth-order valence-electron chi connectivity index (χ4n) is 5.57. The number of nitrogens with zero attached hydrogens (tertiary/aromatic N) is 5. The van der Waals surface area contributed by atoms with Gasteiger partial charge >= 0.3 is 0 Å². The second-order valence-corrected chi connectivity index (χ2v) is 10.9. The number of H-pyrrole nitrogens is 1. The molecule has 2 fully saturated rings. The number of likely N-dealkylation sites (N-methyl/N-ethyl adjacent to an activating group) is 1. The van der Waals surface area contributed by atoms with Crippen LogP contribution in [0.15, 0.2) is 24.4 Å². The molecule has 2 saturated heterocycles. The number of aliphatic hydroxyl groups excluding tert-OH is 1. The summed E-state index contributed by atoms with van der Waals surface area (Å²) in [6.07, 6.45) is 3.34. The smallest absolute Gasteiger partial charge is 0.240 e. The van der Waals surface area contributed by atoms with E-state index in [4.69, 9.17) is 11.6 Å². The van der Waals surface area contributed by atoms with Crippen molar-refractivity contribution < 1.29 is 14.3 Å². The highest BCUT2D eigenvalue weighted by molar-refractivity contribution is 6.32. The number of aromatic amines is 1. The average Bonchev–Trinajstić information content (AvgIpc) is 3.46. The van der Waals surface area contributed by atoms with Gasteiger partial charge in [0, 0.05) is 37.8 Å². The fraction of sp³-hybridized carbons (Fsp3) is 0.481. The standard InChI is InChI=1S/C27H33ClFN7O2/c1-15-8-18(10-24-30-13-21(28)26(31-24)32-25-9-16(2)33-34-25)22(29)12-20(15)17-4-6-36(7-5-17)27(38)23-11-19(37)14-35(23)3/h8-9,12-13,17,19,23,37H,4-7,10-11,14H2,1-3H3,(H2,30,31,32,33,34)/t19?,23-/m0/s1. The number of aryl methyl sites for hydroxylation is 2. The van der Waals surface area contributed by atoms with Crippen molar-refractivity contribution in [2.75, 3.05) is 32.0 Å². The Morgan fingerprint density at radius 2 is 2.03 bits per heavy atom. The summed E-state index contributed by atoms with van der Waals surface area (Å²) in [6.45, 7) is 5.69. The van der Waals surface area contributed by atoms with Crippen LogP contribution in [0.1, 0.15) is 53.4 Å². The van der Waals surface area contributed by atoms with Gasteiger partial charge in [-0.1, -0.05) is 17.7 Å². The van der Waals surface area contributed by atoms with Gasteiger partial charge in [-0.25, -0.2) is 14.4 Å². The molecule has 3 N–H and O–H groups in total. The molecule has 2 atom stereocenters. The number of β-amino-alcohol motifs (C(OH)–C–C–N with tert-alkyl or cyclic N) is 1. The zero-order valence-electron chi connectivity index (χ0n) is 21.8. The van der Waals surface area contributed by atoms with E-state index in [1.165, 1.54) is 6.20 Å². The second kappa shape index (κ2) is 11.0. The topological polar surface area (TPSA) is 110 Å². The van der Waals surface area contributed by atoms with E-state index in [0.717, 1.165) is 29.7 Å².